The highest BCUT2D eigenvalue weighted by atomic mass is 16.4. The van der Waals surface area contributed by atoms with Crippen molar-refractivity contribution in [3.63, 3.8) is 0 Å². The third-order valence-corrected chi connectivity index (χ3v) is 2.39. The molecule has 0 bridgehead atoms. The number of aliphatic carboxylic acids is 1. The van der Waals surface area contributed by atoms with Crippen LogP contribution in [0.25, 0.3) is 0 Å². The summed E-state index contributed by atoms with van der Waals surface area (Å²) >= 11 is 0. The van der Waals surface area contributed by atoms with Gasteiger partial charge in [-0.25, -0.2) is 4.79 Å². The van der Waals surface area contributed by atoms with E-state index in [0.717, 1.165) is 12.6 Å². The lowest BCUT2D eigenvalue weighted by molar-refractivity contribution is -0.155. The molecule has 1 aliphatic rings. The molecule has 1 heterocycles. The molecular formula is C9H14N2O3. The molecule has 0 unspecified atom stereocenters. The van der Waals surface area contributed by atoms with Crippen molar-refractivity contribution in [1.29, 1.82) is 0 Å². The SMILES string of the molecule is C=CC(=O)NC1(C(=O)O)CN(CC)C1. The van der Waals surface area contributed by atoms with Crippen LogP contribution in [0.2, 0.25) is 0 Å². The first kappa shape index (κ1) is 10.7. The molecular weight excluding hydrogens is 184 g/mol. The lowest BCUT2D eigenvalue weighted by Gasteiger charge is -2.46. The number of likely N-dealkylation sites (tertiary alicyclic amines) is 1. The van der Waals surface area contributed by atoms with Crippen molar-refractivity contribution in [3.05, 3.63) is 12.7 Å². The lowest BCUT2D eigenvalue weighted by Crippen LogP contribution is -2.73. The molecule has 14 heavy (non-hydrogen) atoms. The summed E-state index contributed by atoms with van der Waals surface area (Å²) in [6, 6.07) is 0. The molecule has 0 saturated carbocycles. The van der Waals surface area contributed by atoms with E-state index >= 15 is 0 Å². The molecule has 1 aliphatic heterocycles. The van der Waals surface area contributed by atoms with Crippen LogP contribution in [0.4, 0.5) is 0 Å². The number of carbonyl (C=O) groups excluding carboxylic acids is 1. The van der Waals surface area contributed by atoms with Crippen LogP contribution in [0.3, 0.4) is 0 Å². The van der Waals surface area contributed by atoms with Crippen LogP contribution in [0, 0.1) is 0 Å². The van der Waals surface area contributed by atoms with Gasteiger partial charge < -0.3 is 10.4 Å². The molecule has 0 atom stereocenters. The van der Waals surface area contributed by atoms with E-state index in [1.54, 1.807) is 0 Å². The summed E-state index contributed by atoms with van der Waals surface area (Å²) in [5, 5.41) is 11.4. The molecule has 5 nitrogen and oxygen atoms in total. The van der Waals surface area contributed by atoms with Crippen molar-refractivity contribution in [3.8, 4) is 0 Å². The van der Waals surface area contributed by atoms with Crippen molar-refractivity contribution < 1.29 is 14.7 Å². The molecule has 2 N–H and O–H groups in total. The summed E-state index contributed by atoms with van der Waals surface area (Å²) in [5.74, 6) is -1.43. The van der Waals surface area contributed by atoms with E-state index in [-0.39, 0.29) is 0 Å². The Hall–Kier alpha value is -1.36. The second-order valence-corrected chi connectivity index (χ2v) is 3.38. The van der Waals surface area contributed by atoms with E-state index in [1.807, 2.05) is 11.8 Å². The first-order chi connectivity index (χ1) is 6.54. The highest BCUT2D eigenvalue weighted by molar-refractivity contribution is 5.93. The van der Waals surface area contributed by atoms with Crippen molar-refractivity contribution in [1.82, 2.24) is 10.2 Å². The van der Waals surface area contributed by atoms with Crippen LogP contribution in [-0.4, -0.2) is 47.1 Å². The maximum Gasteiger partial charge on any atom is 0.332 e. The minimum Gasteiger partial charge on any atom is -0.479 e. The normalized spacial score (nSPS) is 19.5. The Balaban J connectivity index is 2.63. The molecule has 0 aromatic heterocycles. The summed E-state index contributed by atoms with van der Waals surface area (Å²) in [6.07, 6.45) is 1.08. The number of nitrogens with one attached hydrogen (secondary N) is 1. The Kier molecular flexibility index (Phi) is 2.90. The third-order valence-electron chi connectivity index (χ3n) is 2.39. The number of carboxylic acid groups (broad SMARTS) is 1. The molecule has 78 valence electrons. The van der Waals surface area contributed by atoms with E-state index in [9.17, 15) is 9.59 Å². The number of nitrogens with zero attached hydrogens (tertiary/aromatic N) is 1. The average Bonchev–Trinajstić information content (AvgIpc) is 2.09. The van der Waals surface area contributed by atoms with Crippen LogP contribution in [-0.2, 0) is 9.59 Å². The quantitative estimate of drug-likeness (QED) is 0.594. The fraction of sp³-hybridized carbons (Fsp3) is 0.556. The van der Waals surface area contributed by atoms with E-state index in [1.165, 1.54) is 0 Å². The lowest BCUT2D eigenvalue weighted by atomic mass is 9.90. The predicted molar refractivity (Wildman–Crippen MR) is 50.8 cm³/mol. The zero-order chi connectivity index (χ0) is 10.8. The number of carbonyl (C=O) groups is 2. The van der Waals surface area contributed by atoms with Gasteiger partial charge in [-0.1, -0.05) is 13.5 Å². The maximum atomic E-state index is 11.0. The Morgan fingerprint density at radius 2 is 2.21 bits per heavy atom. The van der Waals surface area contributed by atoms with E-state index in [2.05, 4.69) is 11.9 Å². The molecule has 5 heteroatoms. The predicted octanol–water partition coefficient (Wildman–Crippen LogP) is -0.552. The van der Waals surface area contributed by atoms with Gasteiger partial charge in [0, 0.05) is 13.1 Å². The van der Waals surface area contributed by atoms with Crippen molar-refractivity contribution in [2.75, 3.05) is 19.6 Å². The second-order valence-electron chi connectivity index (χ2n) is 3.38. The smallest absolute Gasteiger partial charge is 0.332 e. The molecule has 0 spiro atoms. The largest absolute Gasteiger partial charge is 0.479 e. The van der Waals surface area contributed by atoms with Crippen LogP contribution >= 0.6 is 0 Å². The van der Waals surface area contributed by atoms with E-state index < -0.39 is 17.4 Å². The molecule has 1 amide bonds. The van der Waals surface area contributed by atoms with Crippen molar-refractivity contribution >= 4 is 11.9 Å². The molecule has 0 aromatic rings. The van der Waals surface area contributed by atoms with Gasteiger partial charge in [0.2, 0.25) is 5.91 Å². The summed E-state index contributed by atoms with van der Waals surface area (Å²) in [5.41, 5.74) is -1.11. The summed E-state index contributed by atoms with van der Waals surface area (Å²) in [6.45, 7) is 6.74. The minimum absolute atomic E-state index is 0.360. The molecule has 1 rings (SSSR count). The Bertz CT molecular complexity index is 269. The molecule has 1 saturated heterocycles. The standard InChI is InChI=1S/C9H14N2O3/c1-3-7(12)10-9(8(13)14)5-11(4-2)6-9/h3H,1,4-6H2,2H3,(H,10,12)(H,13,14). The number of hydrogen-bond acceptors (Lipinski definition) is 3. The first-order valence-corrected chi connectivity index (χ1v) is 4.44. The average molecular weight is 198 g/mol. The van der Waals surface area contributed by atoms with Gasteiger partial charge in [-0.2, -0.15) is 0 Å². The highest BCUT2D eigenvalue weighted by Gasteiger charge is 2.49. The molecule has 0 aliphatic carbocycles. The summed E-state index contributed by atoms with van der Waals surface area (Å²) in [4.78, 5) is 23.9. The highest BCUT2D eigenvalue weighted by Crippen LogP contribution is 2.20. The van der Waals surface area contributed by atoms with Crippen molar-refractivity contribution in [2.45, 2.75) is 12.5 Å². The Morgan fingerprint density at radius 1 is 1.64 bits per heavy atom. The van der Waals surface area contributed by atoms with Gasteiger partial charge in [-0.15, -0.1) is 0 Å². The fourth-order valence-corrected chi connectivity index (χ4v) is 1.50. The molecule has 0 aromatic carbocycles. The van der Waals surface area contributed by atoms with Gasteiger partial charge >= 0.3 is 5.97 Å². The molecule has 1 fully saturated rings. The number of likely N-dealkylation sites (N-methyl/N-ethyl adjacent to an activating group) is 1. The summed E-state index contributed by atoms with van der Waals surface area (Å²) < 4.78 is 0. The minimum atomic E-state index is -1.11. The number of rotatable bonds is 4. The zero-order valence-corrected chi connectivity index (χ0v) is 8.12. The first-order valence-electron chi connectivity index (χ1n) is 4.44. The van der Waals surface area contributed by atoms with Crippen LogP contribution < -0.4 is 5.32 Å². The van der Waals surface area contributed by atoms with Gasteiger partial charge in [0.1, 0.15) is 0 Å². The van der Waals surface area contributed by atoms with Gasteiger partial charge in [0.05, 0.1) is 0 Å². The van der Waals surface area contributed by atoms with Crippen LogP contribution in [0.15, 0.2) is 12.7 Å². The number of carboxylic acids is 1. The van der Waals surface area contributed by atoms with Gasteiger partial charge in [0.15, 0.2) is 5.54 Å². The monoisotopic (exact) mass is 198 g/mol. The third kappa shape index (κ3) is 1.77. The topological polar surface area (TPSA) is 69.6 Å². The maximum absolute atomic E-state index is 11.0. The molecule has 0 radical (unpaired) electrons. The number of amides is 1. The second kappa shape index (κ2) is 3.79. The van der Waals surface area contributed by atoms with Gasteiger partial charge in [0.25, 0.3) is 0 Å². The van der Waals surface area contributed by atoms with Crippen LogP contribution in [0.5, 0.6) is 0 Å². The van der Waals surface area contributed by atoms with Crippen molar-refractivity contribution in [2.24, 2.45) is 0 Å². The zero-order valence-electron chi connectivity index (χ0n) is 8.12. The van der Waals surface area contributed by atoms with Crippen LogP contribution in [0.1, 0.15) is 6.92 Å². The Labute approximate surface area is 82.4 Å². The fourth-order valence-electron chi connectivity index (χ4n) is 1.50. The number of hydrogen-bond donors (Lipinski definition) is 2. The van der Waals surface area contributed by atoms with Gasteiger partial charge in [-0.3, -0.25) is 9.69 Å². The summed E-state index contributed by atoms with van der Waals surface area (Å²) in [7, 11) is 0. The van der Waals surface area contributed by atoms with E-state index in [4.69, 9.17) is 5.11 Å². The Morgan fingerprint density at radius 3 is 2.57 bits per heavy atom. The van der Waals surface area contributed by atoms with Gasteiger partial charge in [-0.05, 0) is 12.6 Å². The van der Waals surface area contributed by atoms with E-state index in [0.29, 0.717) is 13.1 Å².